The second-order valence-electron chi connectivity index (χ2n) is 7.88. The predicted molar refractivity (Wildman–Crippen MR) is 110 cm³/mol. The first-order valence-electron chi connectivity index (χ1n) is 10.0. The van der Waals surface area contributed by atoms with Crippen LogP contribution >= 0.6 is 0 Å². The lowest BCUT2D eigenvalue weighted by molar-refractivity contribution is -0.161. The number of amides is 1. The molecule has 4 rings (SSSR count). The average Bonchev–Trinajstić information content (AvgIpc) is 2.71. The van der Waals surface area contributed by atoms with Gasteiger partial charge in [-0.15, -0.1) is 0 Å². The van der Waals surface area contributed by atoms with Gasteiger partial charge in [0.1, 0.15) is 6.10 Å². The molecular weight excluding hydrogens is 352 g/mol. The highest BCUT2D eigenvalue weighted by molar-refractivity contribution is 5.97. The van der Waals surface area contributed by atoms with E-state index < -0.39 is 6.10 Å². The van der Waals surface area contributed by atoms with E-state index in [1.165, 1.54) is 0 Å². The molecule has 2 aromatic rings. The first kappa shape index (κ1) is 18.9. The van der Waals surface area contributed by atoms with Crippen LogP contribution in [0.2, 0.25) is 0 Å². The van der Waals surface area contributed by atoms with Crippen LogP contribution in [-0.2, 0) is 16.0 Å². The van der Waals surface area contributed by atoms with Gasteiger partial charge in [0.05, 0.1) is 12.1 Å². The molecule has 1 atom stereocenters. The molecular formula is C22H28N4O2. The van der Waals surface area contributed by atoms with Gasteiger partial charge in [0, 0.05) is 49.3 Å². The van der Waals surface area contributed by atoms with Crippen LogP contribution in [0.5, 0.6) is 0 Å². The van der Waals surface area contributed by atoms with Crippen molar-refractivity contribution in [1.82, 2.24) is 9.88 Å². The maximum atomic E-state index is 12.7. The van der Waals surface area contributed by atoms with Crippen LogP contribution in [0.25, 0.3) is 0 Å². The number of nitrogens with two attached hydrogens (primary N) is 1. The van der Waals surface area contributed by atoms with Gasteiger partial charge in [-0.2, -0.15) is 0 Å². The number of ether oxygens (including phenoxy) is 1. The zero-order valence-electron chi connectivity index (χ0n) is 16.4. The number of piperidine rings is 1. The Hall–Kier alpha value is -2.44. The van der Waals surface area contributed by atoms with Gasteiger partial charge in [-0.25, -0.2) is 0 Å². The minimum Gasteiger partial charge on any atom is -0.399 e. The van der Waals surface area contributed by atoms with E-state index in [9.17, 15) is 4.79 Å². The summed E-state index contributed by atoms with van der Waals surface area (Å²) in [5.41, 5.74) is 8.34. The number of carbonyl (C=O) groups is 1. The summed E-state index contributed by atoms with van der Waals surface area (Å²) in [4.78, 5) is 21.4. The van der Waals surface area contributed by atoms with E-state index >= 15 is 0 Å². The molecule has 3 heterocycles. The molecule has 1 spiro atoms. The molecule has 1 aromatic heterocycles. The fourth-order valence-corrected chi connectivity index (χ4v) is 4.24. The number of carbonyl (C=O) groups excluding carboxylic acids is 1. The number of nitrogen functional groups attached to an aromatic ring is 1. The van der Waals surface area contributed by atoms with Crippen LogP contribution < -0.4 is 10.6 Å². The van der Waals surface area contributed by atoms with Crippen LogP contribution in [0.1, 0.15) is 25.5 Å². The Morgan fingerprint density at radius 3 is 2.68 bits per heavy atom. The van der Waals surface area contributed by atoms with Crippen molar-refractivity contribution in [2.24, 2.45) is 0 Å². The third-order valence-electron chi connectivity index (χ3n) is 5.85. The van der Waals surface area contributed by atoms with Crippen LogP contribution in [0.3, 0.4) is 0 Å². The lowest BCUT2D eigenvalue weighted by Crippen LogP contribution is -2.61. The van der Waals surface area contributed by atoms with Gasteiger partial charge in [0.25, 0.3) is 5.91 Å². The summed E-state index contributed by atoms with van der Waals surface area (Å²) in [5.74, 6) is 0.0481. The second-order valence-corrected chi connectivity index (χ2v) is 7.88. The van der Waals surface area contributed by atoms with Crippen molar-refractivity contribution in [3.05, 3.63) is 54.4 Å². The number of anilines is 2. The molecule has 1 amide bonds. The summed E-state index contributed by atoms with van der Waals surface area (Å²) >= 11 is 0. The molecule has 0 bridgehead atoms. The molecule has 1 unspecified atom stereocenters. The summed E-state index contributed by atoms with van der Waals surface area (Å²) in [6.45, 7) is 5.39. The molecule has 2 saturated heterocycles. The van der Waals surface area contributed by atoms with E-state index in [0.717, 1.165) is 56.0 Å². The minimum atomic E-state index is -0.406. The van der Waals surface area contributed by atoms with Crippen LogP contribution in [0.15, 0.2) is 48.7 Å². The SMILES string of the molecule is CC1OC2(CCN(CCc3cc(N)ccn3)CC2)CN(c2ccccc2)C1=O. The fraction of sp³-hybridized carbons (Fsp3) is 0.455. The van der Waals surface area contributed by atoms with E-state index in [4.69, 9.17) is 10.5 Å². The van der Waals surface area contributed by atoms with Crippen molar-refractivity contribution in [3.8, 4) is 0 Å². The average molecular weight is 380 g/mol. The highest BCUT2D eigenvalue weighted by Crippen LogP contribution is 2.35. The Balaban J connectivity index is 1.38. The number of pyridine rings is 1. The van der Waals surface area contributed by atoms with Gasteiger partial charge < -0.3 is 20.3 Å². The Bertz CT molecular complexity index is 818. The van der Waals surface area contributed by atoms with E-state index in [-0.39, 0.29) is 11.5 Å². The largest absolute Gasteiger partial charge is 0.399 e. The number of aromatic nitrogens is 1. The normalized spacial score (nSPS) is 22.5. The number of morpholine rings is 1. The Morgan fingerprint density at radius 1 is 1.21 bits per heavy atom. The first-order chi connectivity index (χ1) is 13.5. The molecule has 1 aromatic carbocycles. The molecule has 0 radical (unpaired) electrons. The third-order valence-corrected chi connectivity index (χ3v) is 5.85. The van der Waals surface area contributed by atoms with E-state index in [2.05, 4.69) is 9.88 Å². The van der Waals surface area contributed by atoms with Crippen LogP contribution in [-0.4, -0.2) is 53.7 Å². The van der Waals surface area contributed by atoms with Crippen LogP contribution in [0, 0.1) is 0 Å². The highest BCUT2D eigenvalue weighted by Gasteiger charge is 2.45. The van der Waals surface area contributed by atoms with Gasteiger partial charge in [0.15, 0.2) is 0 Å². The molecule has 2 N–H and O–H groups in total. The number of nitrogens with zero attached hydrogens (tertiary/aromatic N) is 3. The quantitative estimate of drug-likeness (QED) is 0.882. The minimum absolute atomic E-state index is 0.0481. The summed E-state index contributed by atoms with van der Waals surface area (Å²) in [7, 11) is 0. The lowest BCUT2D eigenvalue weighted by Gasteiger charge is -2.49. The topological polar surface area (TPSA) is 71.7 Å². The Morgan fingerprint density at radius 2 is 1.96 bits per heavy atom. The van der Waals surface area contributed by atoms with Crippen molar-refractivity contribution in [1.29, 1.82) is 0 Å². The summed E-state index contributed by atoms with van der Waals surface area (Å²) in [6, 6.07) is 13.7. The summed E-state index contributed by atoms with van der Waals surface area (Å²) in [5, 5.41) is 0. The van der Waals surface area contributed by atoms with Crippen molar-refractivity contribution < 1.29 is 9.53 Å². The molecule has 28 heavy (non-hydrogen) atoms. The molecule has 148 valence electrons. The van der Waals surface area contributed by atoms with Gasteiger partial charge in [-0.3, -0.25) is 9.78 Å². The Kier molecular flexibility index (Phi) is 5.33. The molecule has 0 aliphatic carbocycles. The number of para-hydroxylation sites is 1. The van der Waals surface area contributed by atoms with E-state index in [0.29, 0.717) is 6.54 Å². The molecule has 6 nitrogen and oxygen atoms in total. The summed E-state index contributed by atoms with van der Waals surface area (Å²) in [6.07, 6.45) is 4.11. The van der Waals surface area contributed by atoms with E-state index in [1.807, 2.05) is 54.3 Å². The molecule has 2 aliphatic rings. The van der Waals surface area contributed by atoms with Crippen molar-refractivity contribution >= 4 is 17.3 Å². The van der Waals surface area contributed by atoms with Crippen molar-refractivity contribution in [2.75, 3.05) is 36.8 Å². The second kappa shape index (κ2) is 7.89. The zero-order valence-corrected chi connectivity index (χ0v) is 16.4. The van der Waals surface area contributed by atoms with Crippen molar-refractivity contribution in [2.45, 2.75) is 37.9 Å². The standard InChI is InChI=1S/C22H28N4O2/c1-17-21(27)26(20-5-3-2-4-6-20)16-22(28-17)9-13-25(14-10-22)12-8-19-15-18(23)7-11-24-19/h2-7,11,15,17H,8-10,12-14,16H2,1H3,(H2,23,24). The van der Waals surface area contributed by atoms with Gasteiger partial charge in [-0.05, 0) is 44.0 Å². The third kappa shape index (κ3) is 4.03. The number of hydrogen-bond donors (Lipinski definition) is 1. The van der Waals surface area contributed by atoms with Gasteiger partial charge in [-0.1, -0.05) is 18.2 Å². The smallest absolute Gasteiger partial charge is 0.255 e. The van der Waals surface area contributed by atoms with Crippen LogP contribution in [0.4, 0.5) is 11.4 Å². The fourth-order valence-electron chi connectivity index (χ4n) is 4.24. The highest BCUT2D eigenvalue weighted by atomic mass is 16.5. The molecule has 0 saturated carbocycles. The number of benzene rings is 1. The zero-order chi connectivity index (χ0) is 19.6. The maximum Gasteiger partial charge on any atom is 0.255 e. The lowest BCUT2D eigenvalue weighted by atomic mass is 9.88. The molecule has 6 heteroatoms. The Labute approximate surface area is 166 Å². The monoisotopic (exact) mass is 380 g/mol. The van der Waals surface area contributed by atoms with Crippen molar-refractivity contribution in [3.63, 3.8) is 0 Å². The number of likely N-dealkylation sites (tertiary alicyclic amines) is 1. The summed E-state index contributed by atoms with van der Waals surface area (Å²) < 4.78 is 6.26. The number of hydrogen-bond acceptors (Lipinski definition) is 5. The first-order valence-corrected chi connectivity index (χ1v) is 10.0. The molecule has 2 aliphatic heterocycles. The predicted octanol–water partition coefficient (Wildman–Crippen LogP) is 2.49. The maximum absolute atomic E-state index is 12.7. The van der Waals surface area contributed by atoms with Gasteiger partial charge in [0.2, 0.25) is 0 Å². The molecule has 2 fully saturated rings. The van der Waals surface area contributed by atoms with Gasteiger partial charge >= 0.3 is 0 Å². The van der Waals surface area contributed by atoms with E-state index in [1.54, 1.807) is 6.20 Å². The number of rotatable bonds is 4.